The maximum Gasteiger partial charge on any atom is 0.333 e. The molecule has 4 rings (SSSR count). The molecular formula is C25H25NO5. The van der Waals surface area contributed by atoms with Crippen LogP contribution in [-0.2, 0) is 16.0 Å². The van der Waals surface area contributed by atoms with Crippen molar-refractivity contribution in [2.45, 2.75) is 19.4 Å². The number of carboxylic acids is 1. The number of nitrogens with zero attached hydrogens (tertiary/aromatic N) is 1. The van der Waals surface area contributed by atoms with Crippen molar-refractivity contribution in [2.24, 2.45) is 0 Å². The van der Waals surface area contributed by atoms with Gasteiger partial charge in [0.2, 0.25) is 0 Å². The summed E-state index contributed by atoms with van der Waals surface area (Å²) in [5.41, 5.74) is 2.91. The predicted molar refractivity (Wildman–Crippen MR) is 119 cm³/mol. The molecule has 0 radical (unpaired) electrons. The van der Waals surface area contributed by atoms with Gasteiger partial charge in [0.1, 0.15) is 12.4 Å². The molecule has 0 amide bonds. The molecule has 3 aromatic carbocycles. The third-order valence-electron chi connectivity index (χ3n) is 5.10. The Kier molecular flexibility index (Phi) is 6.38. The van der Waals surface area contributed by atoms with Crippen LogP contribution in [0.4, 0.5) is 11.4 Å². The molecule has 6 heteroatoms. The second kappa shape index (κ2) is 9.53. The van der Waals surface area contributed by atoms with Crippen molar-refractivity contribution in [2.75, 3.05) is 24.7 Å². The molecule has 160 valence electrons. The van der Waals surface area contributed by atoms with Crippen LogP contribution in [0.5, 0.6) is 17.2 Å². The lowest BCUT2D eigenvalue weighted by Crippen LogP contribution is -2.26. The summed E-state index contributed by atoms with van der Waals surface area (Å²) >= 11 is 0. The van der Waals surface area contributed by atoms with Crippen molar-refractivity contribution in [1.82, 2.24) is 0 Å². The summed E-state index contributed by atoms with van der Waals surface area (Å²) in [7, 11) is 0. The van der Waals surface area contributed by atoms with E-state index in [1.54, 1.807) is 6.92 Å². The lowest BCUT2D eigenvalue weighted by atomic mass is 10.1. The summed E-state index contributed by atoms with van der Waals surface area (Å²) in [5.74, 6) is 1.44. The third-order valence-corrected chi connectivity index (χ3v) is 5.10. The first-order chi connectivity index (χ1) is 15.2. The van der Waals surface area contributed by atoms with Crippen LogP contribution in [0.3, 0.4) is 0 Å². The monoisotopic (exact) mass is 443 g/mol. The number of fused-ring (bicyclic) bond motifs is 2. The first-order valence-corrected chi connectivity index (χ1v) is 10.4. The SMILES string of the molecule is CCO[C@@H](Cc1ccc(OCCN2[14c]3[14cH][14cH][14cH][14cH][14c]3O[14c]3[14cH][14cH][14cH][14cH][14c]32)cc1)C(=O)O. The highest BCUT2D eigenvalue weighted by Crippen LogP contribution is 2.45. The zero-order valence-electron chi connectivity index (χ0n) is 17.4. The minimum Gasteiger partial charge on any atom is -0.492 e. The van der Waals surface area contributed by atoms with Gasteiger partial charge in [0.15, 0.2) is 17.6 Å². The van der Waals surface area contributed by atoms with E-state index in [2.05, 4.69) is 4.90 Å². The van der Waals surface area contributed by atoms with Crippen molar-refractivity contribution < 1.29 is 24.1 Å². The molecule has 0 fully saturated rings. The molecule has 0 saturated carbocycles. The fourth-order valence-electron chi connectivity index (χ4n) is 3.63. The number of carbonyl (C=O) groups is 1. The van der Waals surface area contributed by atoms with E-state index in [-0.39, 0.29) is 0 Å². The van der Waals surface area contributed by atoms with Crippen LogP contribution in [-0.4, -0.2) is 36.9 Å². The number of hydrogen-bond acceptors (Lipinski definition) is 5. The van der Waals surface area contributed by atoms with Gasteiger partial charge in [-0.05, 0) is 48.9 Å². The lowest BCUT2D eigenvalue weighted by molar-refractivity contribution is -0.149. The number of para-hydroxylation sites is 4. The Hall–Kier alpha value is -3.51. The molecule has 0 aromatic heterocycles. The number of benzene rings is 3. The third kappa shape index (κ3) is 4.81. The van der Waals surface area contributed by atoms with Crippen LogP contribution in [0.15, 0.2) is 72.8 Å². The summed E-state index contributed by atoms with van der Waals surface area (Å²) < 4.78 is 17.3. The molecule has 6 nitrogen and oxygen atoms in total. The molecule has 0 aliphatic carbocycles. The Bertz CT molecular complexity index is 989. The molecule has 0 saturated heterocycles. The fraction of sp³-hybridized carbons (Fsp3) is 0.240. The molecule has 31 heavy (non-hydrogen) atoms. The highest BCUT2D eigenvalue weighted by Gasteiger charge is 2.23. The fourth-order valence-corrected chi connectivity index (χ4v) is 3.63. The van der Waals surface area contributed by atoms with Crippen LogP contribution in [0.25, 0.3) is 0 Å². The quantitative estimate of drug-likeness (QED) is 0.500. The van der Waals surface area contributed by atoms with E-state index in [0.717, 1.165) is 34.2 Å². The van der Waals surface area contributed by atoms with E-state index in [4.69, 9.17) is 14.2 Å². The molecule has 1 atom stereocenters. The van der Waals surface area contributed by atoms with E-state index in [9.17, 15) is 9.90 Å². The van der Waals surface area contributed by atoms with E-state index in [1.807, 2.05) is 72.8 Å². The predicted octanol–water partition coefficient (Wildman–Crippen LogP) is 5.04. The summed E-state index contributed by atoms with van der Waals surface area (Å²) in [6, 6.07) is 23.4. The molecule has 0 spiro atoms. The zero-order valence-corrected chi connectivity index (χ0v) is 17.4. The Morgan fingerprint density at radius 1 is 1.06 bits per heavy atom. The Balaban J connectivity index is 1.39. The van der Waals surface area contributed by atoms with Gasteiger partial charge in [0.25, 0.3) is 0 Å². The molecule has 3 aromatic rings. The van der Waals surface area contributed by atoms with E-state index >= 15 is 0 Å². The largest absolute Gasteiger partial charge is 0.492 e. The van der Waals surface area contributed by atoms with Gasteiger partial charge < -0.3 is 24.2 Å². The Labute approximate surface area is 181 Å². The van der Waals surface area contributed by atoms with Gasteiger partial charge in [0, 0.05) is 13.0 Å². The van der Waals surface area contributed by atoms with Gasteiger partial charge in [-0.25, -0.2) is 4.79 Å². The topological polar surface area (TPSA) is 68.2 Å². The van der Waals surface area contributed by atoms with Crippen LogP contribution >= 0.6 is 0 Å². The van der Waals surface area contributed by atoms with E-state index < -0.39 is 12.1 Å². The highest BCUT2D eigenvalue weighted by atomic mass is 16.9. The van der Waals surface area contributed by atoms with Gasteiger partial charge in [-0.2, -0.15) is 0 Å². The summed E-state index contributed by atoms with van der Waals surface area (Å²) in [6.07, 6.45) is -0.511. The Morgan fingerprint density at radius 3 is 2.26 bits per heavy atom. The van der Waals surface area contributed by atoms with Crippen LogP contribution in [0.1, 0.15) is 12.5 Å². The number of hydrogen-bond donors (Lipinski definition) is 1. The van der Waals surface area contributed by atoms with Crippen LogP contribution < -0.4 is 14.4 Å². The zero-order chi connectivity index (χ0) is 21.6. The van der Waals surface area contributed by atoms with Crippen LogP contribution in [0.2, 0.25) is 0 Å². The number of rotatable bonds is 9. The van der Waals surface area contributed by atoms with E-state index in [1.165, 1.54) is 0 Å². The first kappa shape index (κ1) is 20.8. The van der Waals surface area contributed by atoms with Gasteiger partial charge >= 0.3 is 5.97 Å². The molecular weight excluding hydrogens is 418 g/mol. The normalized spacial score (nSPS) is 13.0. The molecule has 1 aliphatic rings. The standard InChI is InChI=1S/C25H25NO5/c1-2-29-24(25(27)28)17-18-11-13-19(14-12-18)30-16-15-26-20-7-3-5-9-22(20)31-23-10-6-4-8-21(23)26/h3-14,24H,2,15-17H2,1H3,(H,27,28)/t24-/m0/s1/i3+2,4+2,5+2,6+2,7+2,8+2,9+2,10+2,20+2,21+2,22+2,23+2. The van der Waals surface area contributed by atoms with Gasteiger partial charge in [-0.15, -0.1) is 0 Å². The average Bonchev–Trinajstić information content (AvgIpc) is 2.79. The second-order valence-electron chi connectivity index (χ2n) is 7.17. The number of anilines is 2. The Morgan fingerprint density at radius 2 is 1.68 bits per heavy atom. The molecule has 0 bridgehead atoms. The van der Waals surface area contributed by atoms with Gasteiger partial charge in [0.05, 0.1) is 17.9 Å². The molecule has 1 aliphatic heterocycles. The van der Waals surface area contributed by atoms with Crippen molar-refractivity contribution in [1.29, 1.82) is 0 Å². The first-order valence-electron chi connectivity index (χ1n) is 10.4. The maximum absolute atomic E-state index is 11.3. The van der Waals surface area contributed by atoms with Gasteiger partial charge in [-0.3, -0.25) is 0 Å². The molecule has 1 N–H and O–H groups in total. The number of ether oxygens (including phenoxy) is 3. The van der Waals surface area contributed by atoms with E-state index in [0.29, 0.717) is 26.2 Å². The average molecular weight is 443 g/mol. The molecule has 1 heterocycles. The van der Waals surface area contributed by atoms with Crippen molar-refractivity contribution in [3.63, 3.8) is 0 Å². The minimum atomic E-state index is -0.951. The minimum absolute atomic E-state index is 0.324. The summed E-state index contributed by atoms with van der Waals surface area (Å²) in [4.78, 5) is 13.5. The second-order valence-corrected chi connectivity index (χ2v) is 7.17. The van der Waals surface area contributed by atoms with Crippen LogP contribution in [0, 0.1) is 0 Å². The maximum atomic E-state index is 11.3. The lowest BCUT2D eigenvalue weighted by Gasteiger charge is -2.32. The smallest absolute Gasteiger partial charge is 0.333 e. The van der Waals surface area contributed by atoms with Crippen molar-refractivity contribution in [3.05, 3.63) is 78.4 Å². The summed E-state index contributed by atoms with van der Waals surface area (Å²) in [5, 5.41) is 9.24. The number of carboxylic acid groups (broad SMARTS) is 1. The molecule has 0 unspecified atom stereocenters. The number of aliphatic carboxylic acids is 1. The highest BCUT2D eigenvalue weighted by molar-refractivity contribution is 5.77. The summed E-state index contributed by atoms with van der Waals surface area (Å²) in [6.45, 7) is 3.30. The van der Waals surface area contributed by atoms with Crippen molar-refractivity contribution in [3.8, 4) is 17.2 Å². The van der Waals surface area contributed by atoms with Gasteiger partial charge in [-0.1, -0.05) is 36.4 Å². The van der Waals surface area contributed by atoms with Crippen molar-refractivity contribution >= 4 is 17.3 Å².